The average Bonchev–Trinajstić information content (AvgIpc) is 2.41. The summed E-state index contributed by atoms with van der Waals surface area (Å²) in [6, 6.07) is 3.97. The molecule has 6 nitrogen and oxygen atoms in total. The lowest BCUT2D eigenvalue weighted by Crippen LogP contribution is -1.98. The fourth-order valence-corrected chi connectivity index (χ4v) is 1.61. The maximum atomic E-state index is 11.1. The van der Waals surface area contributed by atoms with Crippen molar-refractivity contribution < 1.29 is 22.7 Å². The third-order valence-corrected chi connectivity index (χ3v) is 2.31. The Bertz CT molecular complexity index is 526. The van der Waals surface area contributed by atoms with Gasteiger partial charge in [0.05, 0.1) is 11.1 Å². The Labute approximate surface area is 85.9 Å². The van der Waals surface area contributed by atoms with Gasteiger partial charge in [0.25, 0.3) is 0 Å². The van der Waals surface area contributed by atoms with Crippen molar-refractivity contribution >= 4 is 28.5 Å². The first-order chi connectivity index (χ1) is 7.08. The van der Waals surface area contributed by atoms with Gasteiger partial charge in [-0.05, 0) is 18.2 Å². The van der Waals surface area contributed by atoms with Crippen LogP contribution in [0.1, 0.15) is 20.7 Å². The predicted molar refractivity (Wildman–Crippen MR) is 50.1 cm³/mol. The molecule has 0 aliphatic carbocycles. The molecule has 0 saturated heterocycles. The predicted octanol–water partition coefficient (Wildman–Crippen LogP) is -0.0645. The maximum absolute atomic E-state index is 11.1. The molecule has 0 spiro atoms. The van der Waals surface area contributed by atoms with Crippen LogP contribution in [0.25, 0.3) is 0 Å². The summed E-state index contributed by atoms with van der Waals surface area (Å²) in [5, 5.41) is 0. The van der Waals surface area contributed by atoms with Crippen molar-refractivity contribution in [2.24, 2.45) is 0 Å². The molecule has 15 heavy (non-hydrogen) atoms. The summed E-state index contributed by atoms with van der Waals surface area (Å²) in [4.78, 5) is 22.1. The monoisotopic (exact) mass is 227 g/mol. The molecule has 0 atom stereocenters. The molecule has 0 aromatic heterocycles. The number of benzene rings is 1. The van der Waals surface area contributed by atoms with Crippen LogP contribution in [0, 0.1) is 0 Å². The van der Waals surface area contributed by atoms with E-state index in [-0.39, 0.29) is 16.8 Å². The van der Waals surface area contributed by atoms with Crippen molar-refractivity contribution in [3.8, 4) is 0 Å². The Morgan fingerprint density at radius 1 is 1.07 bits per heavy atom. The van der Waals surface area contributed by atoms with Gasteiger partial charge in [-0.2, -0.15) is 0 Å². The Balaban J connectivity index is 2.47. The molecule has 0 saturated carbocycles. The fraction of sp³-hybridized carbons (Fsp3) is 0. The van der Waals surface area contributed by atoms with E-state index in [9.17, 15) is 18.0 Å². The molecule has 1 heterocycles. The number of nitrogens with one attached hydrogen (secondary N) is 1. The van der Waals surface area contributed by atoms with Gasteiger partial charge in [0.2, 0.25) is 10.9 Å². The lowest BCUT2D eigenvalue weighted by Gasteiger charge is -1.98. The third kappa shape index (κ3) is 1.68. The highest BCUT2D eigenvalue weighted by atomic mass is 32.2. The van der Waals surface area contributed by atoms with E-state index in [2.05, 4.69) is 9.46 Å². The third-order valence-electron chi connectivity index (χ3n) is 1.87. The minimum absolute atomic E-state index is 0.0712. The van der Waals surface area contributed by atoms with Crippen LogP contribution in [-0.2, 0) is 15.6 Å². The van der Waals surface area contributed by atoms with Crippen molar-refractivity contribution in [1.82, 2.24) is 0 Å². The van der Waals surface area contributed by atoms with Crippen LogP contribution in [0.4, 0.5) is 5.69 Å². The van der Waals surface area contributed by atoms with Gasteiger partial charge >= 0.3 is 11.9 Å². The van der Waals surface area contributed by atoms with E-state index in [0.717, 1.165) is 0 Å². The molecular formula is C8H5NO5S. The number of thiol groups is 1. The minimum atomic E-state index is -2.80. The molecule has 2 rings (SSSR count). The van der Waals surface area contributed by atoms with Crippen LogP contribution in [0.3, 0.4) is 0 Å². The molecule has 1 N–H and O–H groups in total. The Morgan fingerprint density at radius 2 is 1.73 bits per heavy atom. The number of ether oxygens (including phenoxy) is 1. The molecule has 7 heteroatoms. The number of fused-ring (bicyclic) bond motifs is 1. The highest BCUT2D eigenvalue weighted by Crippen LogP contribution is 2.23. The number of cyclic esters (lactones) is 2. The first-order valence-electron chi connectivity index (χ1n) is 3.89. The number of esters is 2. The Hall–Kier alpha value is -1.89. The van der Waals surface area contributed by atoms with E-state index in [0.29, 0.717) is 0 Å². The van der Waals surface area contributed by atoms with E-state index >= 15 is 0 Å². The lowest BCUT2D eigenvalue weighted by atomic mass is 10.1. The summed E-state index contributed by atoms with van der Waals surface area (Å²) in [7, 11) is -2.80. The van der Waals surface area contributed by atoms with Crippen LogP contribution in [0.2, 0.25) is 0 Å². The summed E-state index contributed by atoms with van der Waals surface area (Å²) in [6.07, 6.45) is 0. The molecule has 1 aromatic rings. The van der Waals surface area contributed by atoms with Crippen LogP contribution < -0.4 is 4.72 Å². The molecule has 0 fully saturated rings. The van der Waals surface area contributed by atoms with Gasteiger partial charge in [-0.1, -0.05) is 0 Å². The number of anilines is 1. The molecular weight excluding hydrogens is 222 g/mol. The number of carbonyl (C=O) groups is 2. The van der Waals surface area contributed by atoms with Gasteiger partial charge < -0.3 is 4.74 Å². The first-order valence-corrected chi connectivity index (χ1v) is 5.07. The summed E-state index contributed by atoms with van der Waals surface area (Å²) in [5.41, 5.74) is 0.435. The van der Waals surface area contributed by atoms with Crippen molar-refractivity contribution in [1.29, 1.82) is 0 Å². The lowest BCUT2D eigenvalue weighted by molar-refractivity contribution is 0.0444. The highest BCUT2D eigenvalue weighted by molar-refractivity contribution is 7.73. The average molecular weight is 227 g/mol. The molecule has 1 aromatic carbocycles. The number of hydrogen-bond donors (Lipinski definition) is 2. The van der Waals surface area contributed by atoms with Crippen molar-refractivity contribution in [3.63, 3.8) is 0 Å². The van der Waals surface area contributed by atoms with E-state index in [4.69, 9.17) is 0 Å². The zero-order valence-corrected chi connectivity index (χ0v) is 8.11. The standard InChI is InChI=1S/C8H5NO5S/c10-7-5-2-1-4(9-15(12)13)3-6(5)8(11)14-7/h1-3,15H,(H,9,12,13). The maximum Gasteiger partial charge on any atom is 0.346 e. The zero-order chi connectivity index (χ0) is 11.0. The fourth-order valence-electron chi connectivity index (χ4n) is 1.26. The van der Waals surface area contributed by atoms with E-state index < -0.39 is 22.8 Å². The second-order valence-electron chi connectivity index (χ2n) is 2.81. The van der Waals surface area contributed by atoms with Crippen LogP contribution in [0.15, 0.2) is 18.2 Å². The minimum Gasteiger partial charge on any atom is -0.386 e. The van der Waals surface area contributed by atoms with Gasteiger partial charge in [0, 0.05) is 5.69 Å². The highest BCUT2D eigenvalue weighted by Gasteiger charge is 2.29. The zero-order valence-electron chi connectivity index (χ0n) is 7.22. The van der Waals surface area contributed by atoms with E-state index in [1.54, 1.807) is 0 Å². The van der Waals surface area contributed by atoms with Crippen molar-refractivity contribution in [3.05, 3.63) is 29.3 Å². The molecule has 78 valence electrons. The van der Waals surface area contributed by atoms with Gasteiger partial charge in [-0.3, -0.25) is 4.72 Å². The quantitative estimate of drug-likeness (QED) is 0.419. The van der Waals surface area contributed by atoms with E-state index in [1.807, 2.05) is 0 Å². The smallest absolute Gasteiger partial charge is 0.346 e. The van der Waals surface area contributed by atoms with Gasteiger partial charge in [0.15, 0.2) is 0 Å². The molecule has 0 bridgehead atoms. The first kappa shape index (κ1) is 9.66. The molecule has 0 unspecified atom stereocenters. The summed E-state index contributed by atoms with van der Waals surface area (Å²) in [5.74, 6) is -1.48. The summed E-state index contributed by atoms with van der Waals surface area (Å²) < 4.78 is 27.2. The summed E-state index contributed by atoms with van der Waals surface area (Å²) >= 11 is 0. The van der Waals surface area contributed by atoms with Gasteiger partial charge in [-0.25, -0.2) is 18.0 Å². The van der Waals surface area contributed by atoms with Crippen LogP contribution in [0.5, 0.6) is 0 Å². The number of carbonyl (C=O) groups excluding carboxylic acids is 2. The molecule has 1 aliphatic rings. The second-order valence-corrected chi connectivity index (χ2v) is 3.54. The van der Waals surface area contributed by atoms with Gasteiger partial charge in [-0.15, -0.1) is 0 Å². The topological polar surface area (TPSA) is 89.5 Å². The molecule has 0 amide bonds. The van der Waals surface area contributed by atoms with Crippen molar-refractivity contribution in [2.45, 2.75) is 0 Å². The van der Waals surface area contributed by atoms with E-state index in [1.165, 1.54) is 18.2 Å². The largest absolute Gasteiger partial charge is 0.386 e. The molecule has 0 radical (unpaired) electrons. The molecule has 1 aliphatic heterocycles. The SMILES string of the molecule is O=C1OC(=O)c2cc(N[SH](=O)=O)ccc21. The number of hydrogen-bond acceptors (Lipinski definition) is 5. The van der Waals surface area contributed by atoms with Crippen molar-refractivity contribution in [2.75, 3.05) is 4.72 Å². The van der Waals surface area contributed by atoms with Crippen LogP contribution >= 0.6 is 0 Å². The second kappa shape index (κ2) is 3.35. The number of rotatable bonds is 2. The van der Waals surface area contributed by atoms with Crippen LogP contribution in [-0.4, -0.2) is 20.4 Å². The Morgan fingerprint density at radius 3 is 2.40 bits per heavy atom. The Kier molecular flexibility index (Phi) is 2.16. The summed E-state index contributed by atoms with van der Waals surface area (Å²) in [6.45, 7) is 0. The van der Waals surface area contributed by atoms with Gasteiger partial charge in [0.1, 0.15) is 0 Å². The normalized spacial score (nSPS) is 13.9.